The zero-order valence-corrected chi connectivity index (χ0v) is 18.9. The summed E-state index contributed by atoms with van der Waals surface area (Å²) in [5, 5.41) is 23.6. The topological polar surface area (TPSA) is 296 Å². The molecule has 19 nitrogen and oxygen atoms in total. The van der Waals surface area contributed by atoms with Crippen LogP contribution in [-0.2, 0) is 31.6 Å². The zero-order valence-electron chi connectivity index (χ0n) is 15.4. The number of aliphatic hydroxyl groups is 2. The molecule has 186 valence electrons. The second kappa shape index (κ2) is 9.71. The van der Waals surface area contributed by atoms with Crippen LogP contribution in [0, 0.1) is 10.6 Å². The Morgan fingerprint density at radius 2 is 1.88 bits per heavy atom. The number of ether oxygens (including phenoxy) is 1. The van der Waals surface area contributed by atoms with Crippen LogP contribution in [0.4, 0.5) is 4.39 Å². The molecule has 0 aliphatic carbocycles. The van der Waals surface area contributed by atoms with Gasteiger partial charge >= 0.3 is 23.5 Å². The van der Waals surface area contributed by atoms with E-state index in [0.717, 1.165) is 0 Å². The molecule has 0 amide bonds. The first-order valence-electron chi connectivity index (χ1n) is 7.81. The quantitative estimate of drug-likeness (QED) is 0.0668. The third-order valence-electron chi connectivity index (χ3n) is 3.67. The van der Waals surface area contributed by atoms with E-state index in [1.54, 1.807) is 0 Å². The summed E-state index contributed by atoms with van der Waals surface area (Å²) in [4.78, 5) is 51.1. The molecule has 1 aliphatic heterocycles. The van der Waals surface area contributed by atoms with Crippen LogP contribution in [0.2, 0.25) is 0 Å². The van der Waals surface area contributed by atoms with Gasteiger partial charge in [-0.15, -0.1) is 0 Å². The lowest BCUT2D eigenvalue weighted by Crippen LogP contribution is -2.44. The van der Waals surface area contributed by atoms with Crippen LogP contribution in [0.1, 0.15) is 6.23 Å². The molecule has 0 spiro atoms. The number of nitrogens with zero attached hydrogens (tertiary/aromatic N) is 4. The van der Waals surface area contributed by atoms with Crippen molar-refractivity contribution in [3.63, 3.8) is 0 Å². The number of phosphoric acid groups is 3. The molecule has 6 atom stereocenters. The SMILES string of the molecule is [N-]=[N+]=N[C@]1(COP(=O)(O)OP(=O)(O)OP(=O)(O)O)O[C@@H](n2cc(F)c(=O)[nH]c2=S)C(O)[C@H]1O. The molecule has 0 radical (unpaired) electrons. The molecule has 0 saturated carbocycles. The summed E-state index contributed by atoms with van der Waals surface area (Å²) in [6.45, 7) is -1.49. The normalized spacial score (nSPS) is 29.1. The predicted octanol–water partition coefficient (Wildman–Crippen LogP) is -0.355. The lowest BCUT2D eigenvalue weighted by Gasteiger charge is -2.27. The fourth-order valence-corrected chi connectivity index (χ4v) is 5.72. The molecule has 1 aromatic heterocycles. The Morgan fingerprint density at radius 3 is 2.42 bits per heavy atom. The van der Waals surface area contributed by atoms with Crippen molar-refractivity contribution >= 4 is 35.7 Å². The monoisotopic (exact) mass is 559 g/mol. The van der Waals surface area contributed by atoms with Crippen LogP contribution in [-0.4, -0.2) is 63.9 Å². The molecule has 24 heteroatoms. The summed E-state index contributed by atoms with van der Waals surface area (Å²) in [5.74, 6) is -1.40. The molecule has 1 fully saturated rings. The maximum absolute atomic E-state index is 13.6. The fourth-order valence-electron chi connectivity index (χ4n) is 2.43. The third kappa shape index (κ3) is 6.83. The fraction of sp³-hybridized carbons (Fsp3) is 0.556. The third-order valence-corrected chi connectivity index (χ3v) is 7.76. The van der Waals surface area contributed by atoms with E-state index < -0.39 is 70.4 Å². The van der Waals surface area contributed by atoms with Gasteiger partial charge in [0.2, 0.25) is 11.5 Å². The van der Waals surface area contributed by atoms with Gasteiger partial charge in [0.15, 0.2) is 11.0 Å². The first-order chi connectivity index (χ1) is 14.9. The summed E-state index contributed by atoms with van der Waals surface area (Å²) in [5.41, 5.74) is 4.76. The Balaban J connectivity index is 2.32. The number of aromatic amines is 1. The van der Waals surface area contributed by atoms with Crippen molar-refractivity contribution in [3.8, 4) is 0 Å². The smallest absolute Gasteiger partial charge is 0.387 e. The van der Waals surface area contributed by atoms with Gasteiger partial charge in [0.25, 0.3) is 5.56 Å². The second-order valence-corrected chi connectivity index (χ2v) is 10.8. The molecule has 2 heterocycles. The van der Waals surface area contributed by atoms with E-state index in [1.807, 2.05) is 4.98 Å². The maximum atomic E-state index is 13.6. The van der Waals surface area contributed by atoms with E-state index in [0.29, 0.717) is 10.8 Å². The Bertz CT molecular complexity index is 1230. The molecule has 0 aromatic carbocycles. The minimum atomic E-state index is -5.89. The molecule has 0 bridgehead atoms. The number of azide groups is 1. The average Bonchev–Trinajstić information content (AvgIpc) is 2.86. The summed E-state index contributed by atoms with van der Waals surface area (Å²) in [6, 6.07) is 0. The largest absolute Gasteiger partial charge is 0.490 e. The van der Waals surface area contributed by atoms with Gasteiger partial charge in [0.05, 0.1) is 12.8 Å². The van der Waals surface area contributed by atoms with Crippen molar-refractivity contribution in [2.24, 2.45) is 5.11 Å². The van der Waals surface area contributed by atoms with Gasteiger partial charge < -0.3 is 34.5 Å². The lowest BCUT2D eigenvalue weighted by atomic mass is 10.1. The summed E-state index contributed by atoms with van der Waals surface area (Å²) >= 11 is 4.79. The number of aliphatic hydroxyl groups excluding tert-OH is 2. The highest BCUT2D eigenvalue weighted by Crippen LogP contribution is 2.66. The van der Waals surface area contributed by atoms with Gasteiger partial charge in [-0.3, -0.25) is 18.9 Å². The molecule has 33 heavy (non-hydrogen) atoms. The minimum Gasteiger partial charge on any atom is -0.387 e. The predicted molar refractivity (Wildman–Crippen MR) is 99.7 cm³/mol. The van der Waals surface area contributed by atoms with Crippen LogP contribution in [0.3, 0.4) is 0 Å². The van der Waals surface area contributed by atoms with Gasteiger partial charge in [0.1, 0.15) is 12.2 Å². The van der Waals surface area contributed by atoms with Crippen molar-refractivity contribution < 1.29 is 65.8 Å². The minimum absolute atomic E-state index is 0.469. The summed E-state index contributed by atoms with van der Waals surface area (Å²) in [6.07, 6.45) is -5.76. The Morgan fingerprint density at radius 1 is 1.27 bits per heavy atom. The van der Waals surface area contributed by atoms with Gasteiger partial charge in [0, 0.05) is 4.91 Å². The Kier molecular flexibility index (Phi) is 8.20. The first kappa shape index (κ1) is 27.9. The second-order valence-electron chi connectivity index (χ2n) is 5.99. The standard InChI is InChI=1S/C9H13FN5O14P3S/c10-3-1-15(8(33)12-6(3)18)7-4(16)5(17)9(27-7,13-14-11)2-26-31(22,23)29-32(24,25)28-30(19,20)21/h1,4-5,7,16-17H,2H2,(H,22,23)(H,24,25)(H,12,18,33)(H2,19,20,21)/t4?,5-,7-,9-/m1/s1. The van der Waals surface area contributed by atoms with Crippen molar-refractivity contribution in [1.29, 1.82) is 0 Å². The molecule has 2 rings (SSSR count). The van der Waals surface area contributed by atoms with E-state index in [4.69, 9.17) is 37.2 Å². The number of rotatable bonds is 9. The summed E-state index contributed by atoms with van der Waals surface area (Å²) in [7, 11) is -17.3. The van der Waals surface area contributed by atoms with Crippen LogP contribution < -0.4 is 5.56 Å². The van der Waals surface area contributed by atoms with Gasteiger partial charge in [-0.2, -0.15) is 13.0 Å². The van der Waals surface area contributed by atoms with Crippen molar-refractivity contribution in [2.75, 3.05) is 6.61 Å². The maximum Gasteiger partial charge on any atom is 0.490 e. The number of H-pyrrole nitrogens is 1. The molecule has 1 saturated heterocycles. The Labute approximate surface area is 185 Å². The molecule has 3 unspecified atom stereocenters. The van der Waals surface area contributed by atoms with Crippen LogP contribution in [0.15, 0.2) is 16.1 Å². The highest BCUT2D eigenvalue weighted by atomic mass is 32.1. The van der Waals surface area contributed by atoms with E-state index in [-0.39, 0.29) is 0 Å². The average molecular weight is 559 g/mol. The zero-order chi connectivity index (χ0) is 25.4. The molecular formula is C9H13FN5O14P3S. The van der Waals surface area contributed by atoms with Crippen LogP contribution in [0.5, 0.6) is 0 Å². The Hall–Kier alpha value is -1.37. The van der Waals surface area contributed by atoms with E-state index in [9.17, 15) is 38.0 Å². The van der Waals surface area contributed by atoms with Crippen molar-refractivity contribution in [1.82, 2.24) is 9.55 Å². The highest BCUT2D eigenvalue weighted by molar-refractivity contribution is 7.71. The number of nitrogens with one attached hydrogen (secondary N) is 1. The number of halogens is 1. The van der Waals surface area contributed by atoms with Crippen LogP contribution in [0.25, 0.3) is 10.4 Å². The van der Waals surface area contributed by atoms with Crippen LogP contribution >= 0.6 is 35.7 Å². The summed E-state index contributed by atoms with van der Waals surface area (Å²) < 4.78 is 64.1. The van der Waals surface area contributed by atoms with E-state index in [1.165, 1.54) is 0 Å². The number of hydrogen-bond acceptors (Lipinski definition) is 12. The van der Waals surface area contributed by atoms with Gasteiger partial charge in [-0.05, 0) is 17.7 Å². The van der Waals surface area contributed by atoms with Crippen molar-refractivity contribution in [3.05, 3.63) is 37.6 Å². The number of aromatic nitrogens is 2. The molecule has 1 aliphatic rings. The number of hydrogen-bond donors (Lipinski definition) is 7. The molecular weight excluding hydrogens is 546 g/mol. The lowest BCUT2D eigenvalue weighted by molar-refractivity contribution is -0.122. The highest BCUT2D eigenvalue weighted by Gasteiger charge is 2.56. The van der Waals surface area contributed by atoms with Gasteiger partial charge in [-0.1, -0.05) is 5.11 Å². The van der Waals surface area contributed by atoms with E-state index in [2.05, 4.69) is 23.2 Å². The van der Waals surface area contributed by atoms with Crippen molar-refractivity contribution in [2.45, 2.75) is 24.2 Å². The van der Waals surface area contributed by atoms with Gasteiger partial charge in [-0.25, -0.2) is 13.7 Å². The number of phosphoric ester groups is 1. The van der Waals surface area contributed by atoms with E-state index >= 15 is 0 Å². The molecule has 7 N–H and O–H groups in total. The molecule has 1 aromatic rings. The first-order valence-corrected chi connectivity index (χ1v) is 12.7.